The fourth-order valence-corrected chi connectivity index (χ4v) is 2.49. The molecule has 21 heavy (non-hydrogen) atoms. The van der Waals surface area contributed by atoms with Crippen LogP contribution < -0.4 is 21.1 Å². The van der Waals surface area contributed by atoms with Gasteiger partial charge in [0, 0.05) is 26.3 Å². The Morgan fingerprint density at radius 3 is 2.76 bits per heavy atom. The van der Waals surface area contributed by atoms with Crippen molar-refractivity contribution in [2.75, 3.05) is 35.4 Å². The van der Waals surface area contributed by atoms with Crippen molar-refractivity contribution in [2.45, 2.75) is 0 Å². The fraction of sp³-hybridized carbons (Fsp3) is 0.200. The number of anilines is 3. The topological polar surface area (TPSA) is 74.5 Å². The number of rotatable bonds is 2. The van der Waals surface area contributed by atoms with E-state index in [1.54, 1.807) is 23.2 Å². The van der Waals surface area contributed by atoms with E-state index in [4.69, 9.17) is 5.84 Å². The van der Waals surface area contributed by atoms with Crippen LogP contribution in [0, 0.1) is 0 Å². The minimum Gasteiger partial charge on any atom is -0.371 e. The van der Waals surface area contributed by atoms with Gasteiger partial charge in [-0.15, -0.1) is 0 Å². The van der Waals surface area contributed by atoms with Gasteiger partial charge in [0.2, 0.25) is 0 Å². The maximum absolute atomic E-state index is 12.7. The van der Waals surface area contributed by atoms with Crippen LogP contribution in [0.1, 0.15) is 10.5 Å². The average molecular weight is 283 g/mol. The molecule has 3 rings (SSSR count). The first-order valence-electron chi connectivity index (χ1n) is 6.75. The summed E-state index contributed by atoms with van der Waals surface area (Å²) in [4.78, 5) is 20.8. The summed E-state index contributed by atoms with van der Waals surface area (Å²) in [5.74, 6) is 5.26. The monoisotopic (exact) mass is 283 g/mol. The number of carbonyl (C=O) groups is 1. The predicted molar refractivity (Wildman–Crippen MR) is 83.4 cm³/mol. The van der Waals surface area contributed by atoms with Gasteiger partial charge in [-0.25, -0.2) is 0 Å². The predicted octanol–water partition coefficient (Wildman–Crippen LogP) is 1.46. The van der Waals surface area contributed by atoms with E-state index in [0.717, 1.165) is 17.9 Å². The van der Waals surface area contributed by atoms with Gasteiger partial charge in [0.15, 0.2) is 0 Å². The number of para-hydroxylation sites is 2. The number of amides is 1. The number of nitrogens with two attached hydrogens (primary N) is 1. The SMILES string of the molecule is CN1CCN(C(=O)c2cc(NN)ccn2)c2ccccc21. The van der Waals surface area contributed by atoms with Crippen molar-refractivity contribution in [3.63, 3.8) is 0 Å². The molecule has 2 heterocycles. The van der Waals surface area contributed by atoms with Crippen LogP contribution in [0.25, 0.3) is 0 Å². The third kappa shape index (κ3) is 2.41. The van der Waals surface area contributed by atoms with E-state index in [1.165, 1.54) is 0 Å². The molecule has 6 nitrogen and oxygen atoms in total. The number of nitrogens with one attached hydrogen (secondary N) is 1. The molecule has 1 aromatic heterocycles. The normalized spacial score (nSPS) is 13.8. The highest BCUT2D eigenvalue weighted by atomic mass is 16.2. The number of likely N-dealkylation sites (N-methyl/N-ethyl adjacent to an activating group) is 1. The van der Waals surface area contributed by atoms with E-state index in [0.29, 0.717) is 17.9 Å². The van der Waals surface area contributed by atoms with Crippen LogP contribution in [0.2, 0.25) is 0 Å². The lowest BCUT2D eigenvalue weighted by atomic mass is 10.1. The van der Waals surface area contributed by atoms with Gasteiger partial charge in [-0.1, -0.05) is 12.1 Å². The lowest BCUT2D eigenvalue weighted by Gasteiger charge is -2.35. The quantitative estimate of drug-likeness (QED) is 0.645. The summed E-state index contributed by atoms with van der Waals surface area (Å²) in [6, 6.07) is 11.2. The molecule has 1 aliphatic heterocycles. The van der Waals surface area contributed by atoms with Gasteiger partial charge < -0.3 is 15.2 Å². The zero-order valence-corrected chi connectivity index (χ0v) is 11.8. The molecule has 0 bridgehead atoms. The first-order valence-corrected chi connectivity index (χ1v) is 6.75. The molecule has 0 spiro atoms. The average Bonchev–Trinajstić information content (AvgIpc) is 2.55. The molecule has 2 aromatic rings. The molecule has 0 aliphatic carbocycles. The molecule has 0 saturated carbocycles. The van der Waals surface area contributed by atoms with Crippen molar-refractivity contribution in [3.8, 4) is 0 Å². The Kier molecular flexibility index (Phi) is 3.45. The van der Waals surface area contributed by atoms with E-state index in [-0.39, 0.29) is 5.91 Å². The van der Waals surface area contributed by atoms with Gasteiger partial charge in [0.05, 0.1) is 17.1 Å². The second-order valence-electron chi connectivity index (χ2n) is 4.94. The molecule has 6 heteroatoms. The summed E-state index contributed by atoms with van der Waals surface area (Å²) in [7, 11) is 2.03. The Bertz CT molecular complexity index is 673. The molecule has 0 fully saturated rings. The van der Waals surface area contributed by atoms with Crippen LogP contribution in [-0.4, -0.2) is 31.0 Å². The molecule has 108 valence electrons. The number of nitrogen functional groups attached to an aromatic ring is 1. The molecule has 1 aliphatic rings. The van der Waals surface area contributed by atoms with Crippen molar-refractivity contribution < 1.29 is 4.79 Å². The molecule has 3 N–H and O–H groups in total. The number of aromatic nitrogens is 1. The number of nitrogens with zero attached hydrogens (tertiary/aromatic N) is 3. The molecule has 0 radical (unpaired) electrons. The Balaban J connectivity index is 1.97. The van der Waals surface area contributed by atoms with Crippen molar-refractivity contribution in [1.29, 1.82) is 0 Å². The lowest BCUT2D eigenvalue weighted by molar-refractivity contribution is 0.0982. The molecular formula is C15H17N5O. The second kappa shape index (κ2) is 5.41. The molecule has 1 amide bonds. The lowest BCUT2D eigenvalue weighted by Crippen LogP contribution is -2.43. The Morgan fingerprint density at radius 2 is 2.00 bits per heavy atom. The van der Waals surface area contributed by atoms with E-state index in [9.17, 15) is 4.79 Å². The van der Waals surface area contributed by atoms with E-state index in [1.807, 2.05) is 31.3 Å². The van der Waals surface area contributed by atoms with Gasteiger partial charge in [0.25, 0.3) is 5.91 Å². The largest absolute Gasteiger partial charge is 0.371 e. The molecular weight excluding hydrogens is 266 g/mol. The van der Waals surface area contributed by atoms with Gasteiger partial charge >= 0.3 is 0 Å². The summed E-state index contributed by atoms with van der Waals surface area (Å²) in [5, 5.41) is 0. The van der Waals surface area contributed by atoms with Gasteiger partial charge in [-0.2, -0.15) is 0 Å². The van der Waals surface area contributed by atoms with Crippen molar-refractivity contribution in [1.82, 2.24) is 4.98 Å². The summed E-state index contributed by atoms with van der Waals surface area (Å²) >= 11 is 0. The van der Waals surface area contributed by atoms with Crippen LogP contribution in [0.5, 0.6) is 0 Å². The highest BCUT2D eigenvalue weighted by Crippen LogP contribution is 2.32. The summed E-state index contributed by atoms with van der Waals surface area (Å²) in [5.41, 5.74) is 5.53. The number of hydrazine groups is 1. The van der Waals surface area contributed by atoms with Crippen LogP contribution in [0.15, 0.2) is 42.6 Å². The molecule has 1 aromatic carbocycles. The van der Waals surface area contributed by atoms with Gasteiger partial charge in [0.1, 0.15) is 5.69 Å². The third-order valence-electron chi connectivity index (χ3n) is 3.63. The zero-order chi connectivity index (χ0) is 14.8. The van der Waals surface area contributed by atoms with Crippen molar-refractivity contribution in [3.05, 3.63) is 48.3 Å². The van der Waals surface area contributed by atoms with Crippen molar-refractivity contribution in [2.24, 2.45) is 5.84 Å². The minimum absolute atomic E-state index is 0.118. The fourth-order valence-electron chi connectivity index (χ4n) is 2.49. The second-order valence-corrected chi connectivity index (χ2v) is 4.94. The number of carbonyl (C=O) groups excluding carboxylic acids is 1. The maximum Gasteiger partial charge on any atom is 0.277 e. The standard InChI is InChI=1S/C15H17N5O/c1-19-8-9-20(14-5-3-2-4-13(14)19)15(21)12-10-11(18-16)6-7-17-12/h2-7,10H,8-9,16H2,1H3,(H,17,18). The summed E-state index contributed by atoms with van der Waals surface area (Å²) in [6.45, 7) is 1.42. The minimum atomic E-state index is -0.118. The van der Waals surface area contributed by atoms with Gasteiger partial charge in [-0.3, -0.25) is 15.6 Å². The first kappa shape index (κ1) is 13.4. The Hall–Kier alpha value is -2.60. The number of fused-ring (bicyclic) bond motifs is 1. The van der Waals surface area contributed by atoms with Crippen LogP contribution in [-0.2, 0) is 0 Å². The summed E-state index contributed by atoms with van der Waals surface area (Å²) < 4.78 is 0. The molecule has 0 atom stereocenters. The highest BCUT2D eigenvalue weighted by Gasteiger charge is 2.26. The van der Waals surface area contributed by atoms with E-state index in [2.05, 4.69) is 15.3 Å². The molecule has 0 saturated heterocycles. The maximum atomic E-state index is 12.7. The zero-order valence-electron chi connectivity index (χ0n) is 11.8. The Labute approximate surface area is 123 Å². The Morgan fingerprint density at radius 1 is 1.24 bits per heavy atom. The van der Waals surface area contributed by atoms with E-state index >= 15 is 0 Å². The smallest absolute Gasteiger partial charge is 0.277 e. The number of pyridine rings is 1. The molecule has 0 unspecified atom stereocenters. The number of benzene rings is 1. The van der Waals surface area contributed by atoms with Gasteiger partial charge in [-0.05, 0) is 24.3 Å². The van der Waals surface area contributed by atoms with E-state index < -0.39 is 0 Å². The third-order valence-corrected chi connectivity index (χ3v) is 3.63. The summed E-state index contributed by atoms with van der Waals surface area (Å²) in [6.07, 6.45) is 1.57. The highest BCUT2D eigenvalue weighted by molar-refractivity contribution is 6.07. The number of hydrogen-bond donors (Lipinski definition) is 2. The first-order chi connectivity index (χ1) is 10.2. The van der Waals surface area contributed by atoms with Crippen LogP contribution in [0.3, 0.4) is 0 Å². The van der Waals surface area contributed by atoms with Crippen molar-refractivity contribution >= 4 is 23.0 Å². The van der Waals surface area contributed by atoms with Crippen LogP contribution >= 0.6 is 0 Å². The van der Waals surface area contributed by atoms with Crippen LogP contribution in [0.4, 0.5) is 17.1 Å². The number of hydrogen-bond acceptors (Lipinski definition) is 5.